The Morgan fingerprint density at radius 2 is 2.11 bits per heavy atom. The van der Waals surface area contributed by atoms with Gasteiger partial charge in [0.1, 0.15) is 5.76 Å². The molecule has 0 unspecified atom stereocenters. The Morgan fingerprint density at radius 3 is 2.78 bits per heavy atom. The first-order valence-electron chi connectivity index (χ1n) is 5.75. The van der Waals surface area contributed by atoms with E-state index in [1.165, 1.54) is 0 Å². The van der Waals surface area contributed by atoms with Crippen molar-refractivity contribution in [2.45, 2.75) is 6.54 Å². The van der Waals surface area contributed by atoms with Gasteiger partial charge in [0.05, 0.1) is 12.8 Å². The van der Waals surface area contributed by atoms with E-state index in [2.05, 4.69) is 5.32 Å². The lowest BCUT2D eigenvalue weighted by Gasteiger charge is -2.13. The number of nitrogens with zero attached hydrogens (tertiary/aromatic N) is 1. The average molecular weight is 244 g/mol. The summed E-state index contributed by atoms with van der Waals surface area (Å²) in [6.07, 6.45) is 1.59. The van der Waals surface area contributed by atoms with Crippen LogP contribution in [0.5, 0.6) is 0 Å². The number of carbonyl (C=O) groups is 1. The normalized spacial score (nSPS) is 10.1. The van der Waals surface area contributed by atoms with Crippen LogP contribution in [0.25, 0.3) is 0 Å². The molecule has 0 spiro atoms. The van der Waals surface area contributed by atoms with Gasteiger partial charge in [0.2, 0.25) is 0 Å². The van der Waals surface area contributed by atoms with Gasteiger partial charge in [-0.25, -0.2) is 0 Å². The van der Waals surface area contributed by atoms with Crippen LogP contribution < -0.4 is 10.2 Å². The van der Waals surface area contributed by atoms with E-state index >= 15 is 0 Å². The smallest absolute Gasteiger partial charge is 0.251 e. The van der Waals surface area contributed by atoms with Crippen LogP contribution in [-0.2, 0) is 6.54 Å². The molecule has 1 aromatic heterocycles. The van der Waals surface area contributed by atoms with Gasteiger partial charge in [-0.1, -0.05) is 6.07 Å². The molecule has 0 saturated heterocycles. The number of hydrogen-bond acceptors (Lipinski definition) is 3. The van der Waals surface area contributed by atoms with Crippen LogP contribution in [0.4, 0.5) is 5.69 Å². The van der Waals surface area contributed by atoms with Crippen molar-refractivity contribution in [1.29, 1.82) is 0 Å². The van der Waals surface area contributed by atoms with Crippen molar-refractivity contribution in [2.24, 2.45) is 0 Å². The number of furan rings is 1. The first-order chi connectivity index (χ1) is 8.66. The number of amides is 1. The highest BCUT2D eigenvalue weighted by molar-refractivity contribution is 5.95. The number of anilines is 1. The van der Waals surface area contributed by atoms with Crippen LogP contribution >= 0.6 is 0 Å². The van der Waals surface area contributed by atoms with Crippen molar-refractivity contribution in [3.05, 3.63) is 54.0 Å². The van der Waals surface area contributed by atoms with Crippen LogP contribution in [0.3, 0.4) is 0 Å². The Kier molecular flexibility index (Phi) is 3.67. The molecule has 0 aliphatic carbocycles. The zero-order chi connectivity index (χ0) is 13.0. The third-order valence-corrected chi connectivity index (χ3v) is 2.63. The van der Waals surface area contributed by atoms with E-state index < -0.39 is 0 Å². The molecule has 0 bridgehead atoms. The first kappa shape index (κ1) is 12.2. The van der Waals surface area contributed by atoms with Crippen molar-refractivity contribution in [3.8, 4) is 0 Å². The van der Waals surface area contributed by atoms with Crippen LogP contribution in [0.15, 0.2) is 47.1 Å². The fourth-order valence-electron chi connectivity index (χ4n) is 1.61. The Hall–Kier alpha value is -2.23. The van der Waals surface area contributed by atoms with Gasteiger partial charge in [0, 0.05) is 25.3 Å². The molecule has 1 N–H and O–H groups in total. The number of hydrogen-bond donors (Lipinski definition) is 1. The van der Waals surface area contributed by atoms with Gasteiger partial charge < -0.3 is 14.6 Å². The van der Waals surface area contributed by atoms with Gasteiger partial charge in [-0.2, -0.15) is 0 Å². The molecule has 1 aromatic carbocycles. The van der Waals surface area contributed by atoms with Crippen LogP contribution in [-0.4, -0.2) is 20.0 Å². The number of carbonyl (C=O) groups excluding carboxylic acids is 1. The zero-order valence-electron chi connectivity index (χ0n) is 10.5. The lowest BCUT2D eigenvalue weighted by atomic mass is 10.2. The minimum atomic E-state index is -0.102. The Balaban J connectivity index is 2.02. The van der Waals surface area contributed by atoms with Gasteiger partial charge in [0.25, 0.3) is 5.91 Å². The van der Waals surface area contributed by atoms with Crippen molar-refractivity contribution in [2.75, 3.05) is 19.0 Å². The van der Waals surface area contributed by atoms with Crippen molar-refractivity contribution in [1.82, 2.24) is 5.32 Å². The van der Waals surface area contributed by atoms with Gasteiger partial charge in [-0.15, -0.1) is 0 Å². The summed E-state index contributed by atoms with van der Waals surface area (Å²) in [6.45, 7) is 0.401. The molecule has 1 heterocycles. The molecule has 0 atom stereocenters. The fourth-order valence-corrected chi connectivity index (χ4v) is 1.61. The summed E-state index contributed by atoms with van der Waals surface area (Å²) in [4.78, 5) is 13.9. The van der Waals surface area contributed by atoms with E-state index in [-0.39, 0.29) is 5.91 Å². The quantitative estimate of drug-likeness (QED) is 0.897. The lowest BCUT2D eigenvalue weighted by molar-refractivity contribution is 0.0948. The minimum absolute atomic E-state index is 0.102. The molecule has 1 amide bonds. The Bertz CT molecular complexity index is 518. The number of nitrogens with one attached hydrogen (secondary N) is 1. The van der Waals surface area contributed by atoms with E-state index in [9.17, 15) is 4.79 Å². The van der Waals surface area contributed by atoms with Crippen LogP contribution in [0.1, 0.15) is 16.1 Å². The predicted octanol–water partition coefficient (Wildman–Crippen LogP) is 2.28. The monoisotopic (exact) mass is 244 g/mol. The third-order valence-electron chi connectivity index (χ3n) is 2.63. The second-order valence-corrected chi connectivity index (χ2v) is 4.21. The highest BCUT2D eigenvalue weighted by Crippen LogP contribution is 2.13. The zero-order valence-corrected chi connectivity index (χ0v) is 10.5. The lowest BCUT2D eigenvalue weighted by Crippen LogP contribution is -2.22. The van der Waals surface area contributed by atoms with Crippen molar-refractivity contribution < 1.29 is 9.21 Å². The summed E-state index contributed by atoms with van der Waals surface area (Å²) in [5, 5.41) is 2.82. The maximum Gasteiger partial charge on any atom is 0.251 e. The molecule has 0 saturated carbocycles. The largest absolute Gasteiger partial charge is 0.467 e. The topological polar surface area (TPSA) is 45.5 Å². The summed E-state index contributed by atoms with van der Waals surface area (Å²) in [6, 6.07) is 11.1. The second-order valence-electron chi connectivity index (χ2n) is 4.21. The maximum absolute atomic E-state index is 11.9. The molecular weight excluding hydrogens is 228 g/mol. The summed E-state index contributed by atoms with van der Waals surface area (Å²) >= 11 is 0. The molecular formula is C14H16N2O2. The SMILES string of the molecule is CN(C)c1cccc(C(=O)NCc2ccco2)c1. The average Bonchev–Trinajstić information content (AvgIpc) is 2.89. The van der Waals surface area contributed by atoms with Crippen LogP contribution in [0, 0.1) is 0 Å². The number of rotatable bonds is 4. The third kappa shape index (κ3) is 2.91. The molecule has 0 aliphatic heterocycles. The molecule has 4 heteroatoms. The fraction of sp³-hybridized carbons (Fsp3) is 0.214. The van der Waals surface area contributed by atoms with E-state index in [1.54, 1.807) is 18.4 Å². The molecule has 18 heavy (non-hydrogen) atoms. The van der Waals surface area contributed by atoms with Gasteiger partial charge in [0.15, 0.2) is 0 Å². The summed E-state index contributed by atoms with van der Waals surface area (Å²) in [7, 11) is 3.89. The number of benzene rings is 1. The molecule has 0 radical (unpaired) electrons. The standard InChI is InChI=1S/C14H16N2O2/c1-16(2)12-6-3-5-11(9-12)14(17)15-10-13-7-4-8-18-13/h3-9H,10H2,1-2H3,(H,15,17). The minimum Gasteiger partial charge on any atom is -0.467 e. The predicted molar refractivity (Wildman–Crippen MR) is 70.6 cm³/mol. The van der Waals surface area contributed by atoms with E-state index in [4.69, 9.17) is 4.42 Å². The van der Waals surface area contributed by atoms with E-state index in [0.29, 0.717) is 12.1 Å². The highest BCUT2D eigenvalue weighted by Gasteiger charge is 2.07. The van der Waals surface area contributed by atoms with Crippen LogP contribution in [0.2, 0.25) is 0 Å². The van der Waals surface area contributed by atoms with E-state index in [1.807, 2.05) is 43.3 Å². The second kappa shape index (κ2) is 5.40. The van der Waals surface area contributed by atoms with Gasteiger partial charge in [-0.3, -0.25) is 4.79 Å². The molecule has 0 fully saturated rings. The maximum atomic E-state index is 11.9. The first-order valence-corrected chi connectivity index (χ1v) is 5.75. The van der Waals surface area contributed by atoms with Gasteiger partial charge >= 0.3 is 0 Å². The molecule has 2 rings (SSSR count). The Morgan fingerprint density at radius 1 is 1.28 bits per heavy atom. The van der Waals surface area contributed by atoms with Crippen molar-refractivity contribution >= 4 is 11.6 Å². The highest BCUT2D eigenvalue weighted by atomic mass is 16.3. The van der Waals surface area contributed by atoms with Gasteiger partial charge in [-0.05, 0) is 30.3 Å². The summed E-state index contributed by atoms with van der Waals surface area (Å²) < 4.78 is 5.16. The molecule has 4 nitrogen and oxygen atoms in total. The summed E-state index contributed by atoms with van der Waals surface area (Å²) in [5.41, 5.74) is 1.65. The molecule has 0 aliphatic rings. The summed E-state index contributed by atoms with van der Waals surface area (Å²) in [5.74, 6) is 0.641. The molecule has 2 aromatic rings. The van der Waals surface area contributed by atoms with Crippen molar-refractivity contribution in [3.63, 3.8) is 0 Å². The molecule has 94 valence electrons. The van der Waals surface area contributed by atoms with E-state index in [0.717, 1.165) is 11.4 Å². The Labute approximate surface area is 106 Å².